The van der Waals surface area contributed by atoms with Gasteiger partial charge in [0.05, 0.1) is 26.4 Å². The first kappa shape index (κ1) is 62.8. The molecule has 0 aliphatic heterocycles. The van der Waals surface area contributed by atoms with Gasteiger partial charge in [0.15, 0.2) is 13.2 Å². The van der Waals surface area contributed by atoms with Crippen molar-refractivity contribution in [2.45, 2.75) is 124 Å². The molecule has 424 valence electrons. The number of hydrogen-bond donors (Lipinski definition) is 0. The Morgan fingerprint density at radius 2 is 0.628 bits per heavy atom. The van der Waals surface area contributed by atoms with E-state index in [1.807, 2.05) is 60.7 Å². The Morgan fingerprint density at radius 3 is 0.872 bits per heavy atom. The first-order valence-electron chi connectivity index (χ1n) is 27.1. The van der Waals surface area contributed by atoms with E-state index in [2.05, 4.69) is 34.5 Å². The second-order valence-electron chi connectivity index (χ2n) is 21.4. The van der Waals surface area contributed by atoms with Gasteiger partial charge in [0.2, 0.25) is 0 Å². The summed E-state index contributed by atoms with van der Waals surface area (Å²) in [6, 6.07) is 19.1. The third-order valence-corrected chi connectivity index (χ3v) is 19.9. The minimum absolute atomic E-state index is 0.118. The number of rotatable bonds is 28. The summed E-state index contributed by atoms with van der Waals surface area (Å²) in [7, 11) is 0. The molecule has 0 unspecified atom stereocenters. The number of ether oxygens (including phenoxy) is 10. The molecule has 1 aliphatic carbocycles. The van der Waals surface area contributed by atoms with Gasteiger partial charge in [0.1, 0.15) is 0 Å². The van der Waals surface area contributed by atoms with Gasteiger partial charge in [-0.15, -0.1) is 0 Å². The Kier molecular flexibility index (Phi) is 24.9. The van der Waals surface area contributed by atoms with Crippen LogP contribution in [0.15, 0.2) is 60.7 Å². The topological polar surface area (TPSA) is 195 Å². The molecule has 0 fully saturated rings. The predicted octanol–water partition coefficient (Wildman–Crippen LogP) is 9.76. The van der Waals surface area contributed by atoms with Crippen LogP contribution in [-0.2, 0) is 95.7 Å². The standard InChI is InChI=1S/C60H80Ge2O16/c1-11-69-53(65)37-75-57-43-17-15-18-44(57)34-48-30-42(24-28-74-52(64)22-26-62(8,9)10)32-50(60(48)78-40-56(68)72-14-4)36-46-20-16-19-45(58(46)76-38-54(66)70-12-2)35-49-31-41(23-27-73-51(63)21-25-61(5,6)7)29-47(33-43)59(49)77-39-55(67)71-13-3/h15-20,29-32H,11-14,21-28,33-40H2,1-10H3. The van der Waals surface area contributed by atoms with Crippen LogP contribution < -0.4 is 18.9 Å². The van der Waals surface area contributed by atoms with Crippen LogP contribution in [0.2, 0.25) is 45.0 Å². The van der Waals surface area contributed by atoms with Crippen molar-refractivity contribution < 1.29 is 76.1 Å². The molecular weight excluding hydrogens is 1120 g/mol. The minimum atomic E-state index is -2.01. The van der Waals surface area contributed by atoms with Crippen LogP contribution in [0.1, 0.15) is 96.2 Å². The van der Waals surface area contributed by atoms with Crippen molar-refractivity contribution >= 4 is 62.3 Å². The summed E-state index contributed by atoms with van der Waals surface area (Å²) in [4.78, 5) is 78.3. The number of benzene rings is 4. The van der Waals surface area contributed by atoms with Crippen molar-refractivity contribution in [3.63, 3.8) is 0 Å². The average molecular weight is 1200 g/mol. The van der Waals surface area contributed by atoms with E-state index in [0.717, 1.165) is 21.6 Å². The summed E-state index contributed by atoms with van der Waals surface area (Å²) in [5, 5.41) is 1.70. The molecule has 0 N–H and O–H groups in total. The molecular formula is C60H80Ge2O16. The van der Waals surface area contributed by atoms with E-state index >= 15 is 0 Å². The van der Waals surface area contributed by atoms with Crippen LogP contribution in [0, 0.1) is 0 Å². The van der Waals surface area contributed by atoms with Gasteiger partial charge in [-0.1, -0.05) is 12.1 Å². The fraction of sp³-hybridized carbons (Fsp3) is 0.500. The Balaban J connectivity index is 1.79. The third kappa shape index (κ3) is 21.0. The quantitative estimate of drug-likeness (QED) is 0.0261. The van der Waals surface area contributed by atoms with E-state index < -0.39 is 76.8 Å². The van der Waals surface area contributed by atoms with Crippen molar-refractivity contribution in [3.8, 4) is 23.0 Å². The molecule has 0 amide bonds. The SMILES string of the molecule is CCOC(=O)COc1c2cccc1Cc1cc(CCOC(=O)C[CH2][Ge]([CH3])([CH3])[CH3])cc(c1OCC(=O)OCC)Cc1cccc(c1OCC(=O)OCC)Cc1cc(CCOC(=O)C[CH2][Ge]([CH3])([CH3])[CH3])cc(c1OCC(=O)OCC)C2. The molecule has 4 aromatic rings. The molecule has 78 heavy (non-hydrogen) atoms. The summed E-state index contributed by atoms with van der Waals surface area (Å²) in [5.74, 6) is 12.3. The fourth-order valence-electron chi connectivity index (χ4n) is 8.86. The van der Waals surface area contributed by atoms with Crippen molar-refractivity contribution in [1.82, 2.24) is 0 Å². The summed E-state index contributed by atoms with van der Waals surface area (Å²) < 4.78 is 58.9. The summed E-state index contributed by atoms with van der Waals surface area (Å²) in [6.07, 6.45) is 2.07. The van der Waals surface area contributed by atoms with Crippen LogP contribution in [0.3, 0.4) is 0 Å². The molecule has 16 nitrogen and oxygen atoms in total. The van der Waals surface area contributed by atoms with E-state index in [1.54, 1.807) is 27.7 Å². The average Bonchev–Trinajstić information content (AvgIpc) is 3.37. The van der Waals surface area contributed by atoms with Gasteiger partial charge in [-0.05, 0) is 27.7 Å². The zero-order valence-electron chi connectivity index (χ0n) is 47.4. The second kappa shape index (κ2) is 31.0. The van der Waals surface area contributed by atoms with Crippen LogP contribution >= 0.6 is 0 Å². The van der Waals surface area contributed by atoms with Crippen molar-refractivity contribution in [2.75, 3.05) is 66.1 Å². The van der Waals surface area contributed by atoms with Gasteiger partial charge in [-0.25, -0.2) is 19.2 Å². The molecule has 4 aromatic carbocycles. The van der Waals surface area contributed by atoms with Crippen molar-refractivity contribution in [3.05, 3.63) is 116 Å². The molecule has 5 rings (SSSR count). The third-order valence-electron chi connectivity index (χ3n) is 12.5. The first-order chi connectivity index (χ1) is 37.2. The number of hydrogen-bond acceptors (Lipinski definition) is 16. The maximum atomic E-state index is 13.1. The first-order valence-corrected chi connectivity index (χ1v) is 42.7. The van der Waals surface area contributed by atoms with Crippen molar-refractivity contribution in [1.29, 1.82) is 0 Å². The van der Waals surface area contributed by atoms with E-state index in [1.165, 1.54) is 0 Å². The molecule has 0 heterocycles. The number of carbonyl (C=O) groups excluding carboxylic acids is 6. The van der Waals surface area contributed by atoms with Crippen molar-refractivity contribution in [2.24, 2.45) is 0 Å². The number of fused-ring (bicyclic) bond motifs is 8. The molecule has 0 radical (unpaired) electrons. The molecule has 18 heteroatoms. The number of carbonyl (C=O) groups is 6. The molecule has 0 spiro atoms. The molecule has 0 atom stereocenters. The molecule has 1 aliphatic rings. The maximum absolute atomic E-state index is 13.1. The Hall–Kier alpha value is -6.01. The van der Waals surface area contributed by atoms with E-state index in [4.69, 9.17) is 47.4 Å². The van der Waals surface area contributed by atoms with Gasteiger partial charge < -0.3 is 28.4 Å². The molecule has 8 bridgehead atoms. The van der Waals surface area contributed by atoms with Crippen LogP contribution in [0.25, 0.3) is 0 Å². The van der Waals surface area contributed by atoms with Gasteiger partial charge in [0.25, 0.3) is 0 Å². The van der Waals surface area contributed by atoms with Crippen LogP contribution in [-0.4, -0.2) is 128 Å². The Labute approximate surface area is 465 Å². The molecule has 0 saturated carbocycles. The predicted molar refractivity (Wildman–Crippen MR) is 300 cm³/mol. The summed E-state index contributed by atoms with van der Waals surface area (Å²) >= 11 is -4.02. The fourth-order valence-corrected chi connectivity index (χ4v) is 12.9. The monoisotopic (exact) mass is 1200 g/mol. The number of esters is 6. The Morgan fingerprint density at radius 1 is 0.372 bits per heavy atom. The molecule has 0 aromatic heterocycles. The van der Waals surface area contributed by atoms with Gasteiger partial charge in [-0.3, -0.25) is 0 Å². The second-order valence-corrected chi connectivity index (χ2v) is 45.0. The number of para-hydroxylation sites is 2. The van der Waals surface area contributed by atoms with Gasteiger partial charge in [-0.2, -0.15) is 0 Å². The zero-order valence-corrected chi connectivity index (χ0v) is 51.6. The normalized spacial score (nSPS) is 12.1. The van der Waals surface area contributed by atoms with E-state index in [9.17, 15) is 28.8 Å². The van der Waals surface area contributed by atoms with Gasteiger partial charge >= 0.3 is 341 Å². The van der Waals surface area contributed by atoms with Crippen LogP contribution in [0.4, 0.5) is 0 Å². The van der Waals surface area contributed by atoms with Crippen LogP contribution in [0.5, 0.6) is 23.0 Å². The Bertz CT molecular complexity index is 2430. The summed E-state index contributed by atoms with van der Waals surface area (Å²) in [5.41, 5.74) is 6.86. The molecule has 0 saturated heterocycles. The van der Waals surface area contributed by atoms with E-state index in [-0.39, 0.29) is 77.3 Å². The zero-order chi connectivity index (χ0) is 56.8. The van der Waals surface area contributed by atoms with E-state index in [0.29, 0.717) is 93.2 Å². The summed E-state index contributed by atoms with van der Waals surface area (Å²) in [6.45, 7) is 6.02. The van der Waals surface area contributed by atoms with Gasteiger partial charge in [0, 0.05) is 0 Å².